The van der Waals surface area contributed by atoms with Crippen LogP contribution in [0.3, 0.4) is 0 Å². The lowest BCUT2D eigenvalue weighted by atomic mass is 9.67. The Morgan fingerprint density at radius 3 is 2.67 bits per heavy atom. The van der Waals surface area contributed by atoms with Crippen molar-refractivity contribution in [2.24, 2.45) is 5.92 Å². The molecule has 1 aromatic carbocycles. The zero-order valence-corrected chi connectivity index (χ0v) is 9.55. The Hall–Kier alpha value is -0.890. The van der Waals surface area contributed by atoms with Gasteiger partial charge in [0.25, 0.3) is 0 Å². The summed E-state index contributed by atoms with van der Waals surface area (Å²) in [5.74, 6) is 1.15. The van der Waals surface area contributed by atoms with Gasteiger partial charge in [-0.25, -0.2) is 4.39 Å². The van der Waals surface area contributed by atoms with Crippen molar-refractivity contribution < 1.29 is 4.39 Å². The molecule has 0 spiro atoms. The van der Waals surface area contributed by atoms with E-state index >= 15 is 0 Å². The standard InChI is InChI=1S/C13H18FN/c1-8-6-10(4-5-12(8)14)11-7-13(15-3)9(11)2/h4-6,9,11,13,15H,7H2,1-3H3. The van der Waals surface area contributed by atoms with Gasteiger partial charge in [0.05, 0.1) is 0 Å². The molecule has 2 rings (SSSR count). The van der Waals surface area contributed by atoms with Crippen LogP contribution in [0.5, 0.6) is 0 Å². The molecule has 0 aliphatic heterocycles. The van der Waals surface area contributed by atoms with E-state index in [4.69, 9.17) is 0 Å². The van der Waals surface area contributed by atoms with Crippen LogP contribution in [0.2, 0.25) is 0 Å². The third kappa shape index (κ3) is 1.78. The molecule has 3 unspecified atom stereocenters. The molecular formula is C13H18FN. The van der Waals surface area contributed by atoms with Crippen molar-refractivity contribution in [2.45, 2.75) is 32.2 Å². The van der Waals surface area contributed by atoms with E-state index < -0.39 is 0 Å². The Kier molecular flexibility index (Phi) is 2.79. The smallest absolute Gasteiger partial charge is 0.126 e. The molecule has 1 aliphatic carbocycles. The van der Waals surface area contributed by atoms with Crippen molar-refractivity contribution in [2.75, 3.05) is 7.05 Å². The fourth-order valence-corrected chi connectivity index (χ4v) is 2.51. The van der Waals surface area contributed by atoms with Crippen molar-refractivity contribution in [1.82, 2.24) is 5.32 Å². The minimum Gasteiger partial charge on any atom is -0.317 e. The normalized spacial score (nSPS) is 30.0. The van der Waals surface area contributed by atoms with Crippen LogP contribution in [0.1, 0.15) is 30.4 Å². The topological polar surface area (TPSA) is 12.0 Å². The molecule has 0 heterocycles. The maximum atomic E-state index is 13.1. The van der Waals surface area contributed by atoms with Crippen LogP contribution in [0.25, 0.3) is 0 Å². The van der Waals surface area contributed by atoms with Gasteiger partial charge in [0.1, 0.15) is 5.82 Å². The summed E-state index contributed by atoms with van der Waals surface area (Å²) in [5.41, 5.74) is 2.04. The van der Waals surface area contributed by atoms with Gasteiger partial charge in [0.15, 0.2) is 0 Å². The molecule has 1 saturated carbocycles. The van der Waals surface area contributed by atoms with Gasteiger partial charge < -0.3 is 5.32 Å². The van der Waals surface area contributed by atoms with E-state index in [9.17, 15) is 4.39 Å². The molecule has 15 heavy (non-hydrogen) atoms. The minimum absolute atomic E-state index is 0.101. The maximum absolute atomic E-state index is 13.1. The van der Waals surface area contributed by atoms with Gasteiger partial charge in [0, 0.05) is 6.04 Å². The van der Waals surface area contributed by atoms with Crippen LogP contribution in [0.4, 0.5) is 4.39 Å². The first-order valence-electron chi connectivity index (χ1n) is 5.56. The van der Waals surface area contributed by atoms with Crippen molar-refractivity contribution >= 4 is 0 Å². The zero-order valence-electron chi connectivity index (χ0n) is 9.55. The first-order valence-corrected chi connectivity index (χ1v) is 5.56. The highest BCUT2D eigenvalue weighted by molar-refractivity contribution is 5.29. The van der Waals surface area contributed by atoms with Gasteiger partial charge >= 0.3 is 0 Å². The number of benzene rings is 1. The summed E-state index contributed by atoms with van der Waals surface area (Å²) >= 11 is 0. The predicted octanol–water partition coefficient (Wildman–Crippen LogP) is 2.85. The summed E-state index contributed by atoms with van der Waals surface area (Å²) in [5, 5.41) is 3.30. The van der Waals surface area contributed by atoms with E-state index in [0.29, 0.717) is 17.9 Å². The minimum atomic E-state index is -0.101. The van der Waals surface area contributed by atoms with E-state index in [2.05, 4.69) is 12.2 Å². The number of nitrogens with one attached hydrogen (secondary N) is 1. The van der Waals surface area contributed by atoms with Crippen molar-refractivity contribution in [1.29, 1.82) is 0 Å². The van der Waals surface area contributed by atoms with Crippen LogP contribution in [0, 0.1) is 18.7 Å². The molecule has 1 aromatic rings. The predicted molar refractivity (Wildman–Crippen MR) is 60.5 cm³/mol. The number of aryl methyl sites for hydroxylation is 1. The van der Waals surface area contributed by atoms with Crippen molar-refractivity contribution in [3.05, 3.63) is 35.1 Å². The lowest BCUT2D eigenvalue weighted by Gasteiger charge is -2.43. The third-order valence-electron chi connectivity index (χ3n) is 3.76. The van der Waals surface area contributed by atoms with E-state index in [1.807, 2.05) is 26.1 Å². The van der Waals surface area contributed by atoms with Gasteiger partial charge in [-0.1, -0.05) is 19.1 Å². The molecule has 1 nitrogen and oxygen atoms in total. The summed E-state index contributed by atoms with van der Waals surface area (Å²) in [6.45, 7) is 4.09. The summed E-state index contributed by atoms with van der Waals surface area (Å²) in [7, 11) is 2.01. The first kappa shape index (κ1) is 10.6. The molecule has 82 valence electrons. The van der Waals surface area contributed by atoms with Gasteiger partial charge in [-0.3, -0.25) is 0 Å². The average Bonchev–Trinajstić information content (AvgIpc) is 2.22. The van der Waals surface area contributed by atoms with Crippen LogP contribution in [0.15, 0.2) is 18.2 Å². The average molecular weight is 207 g/mol. The monoisotopic (exact) mass is 207 g/mol. The molecule has 0 saturated heterocycles. The molecule has 2 heteroatoms. The lowest BCUT2D eigenvalue weighted by Crippen LogP contribution is -2.46. The highest BCUT2D eigenvalue weighted by Crippen LogP contribution is 2.42. The fraction of sp³-hybridized carbons (Fsp3) is 0.538. The number of rotatable bonds is 2. The molecule has 1 fully saturated rings. The maximum Gasteiger partial charge on any atom is 0.126 e. The van der Waals surface area contributed by atoms with Gasteiger partial charge in [-0.15, -0.1) is 0 Å². The number of hydrogen-bond acceptors (Lipinski definition) is 1. The molecule has 0 radical (unpaired) electrons. The molecule has 0 bridgehead atoms. The Bertz CT molecular complexity index is 362. The lowest BCUT2D eigenvalue weighted by molar-refractivity contribution is 0.194. The molecule has 1 N–H and O–H groups in total. The van der Waals surface area contributed by atoms with Crippen molar-refractivity contribution in [3.8, 4) is 0 Å². The largest absolute Gasteiger partial charge is 0.317 e. The highest BCUT2D eigenvalue weighted by Gasteiger charge is 2.37. The van der Waals surface area contributed by atoms with Gasteiger partial charge in [-0.05, 0) is 49.4 Å². The quantitative estimate of drug-likeness (QED) is 0.786. The molecule has 3 atom stereocenters. The van der Waals surface area contributed by atoms with Crippen molar-refractivity contribution in [3.63, 3.8) is 0 Å². The highest BCUT2D eigenvalue weighted by atomic mass is 19.1. The SMILES string of the molecule is CNC1CC(c2ccc(F)c(C)c2)C1C. The second kappa shape index (κ2) is 3.93. The Morgan fingerprint density at radius 2 is 2.13 bits per heavy atom. The Labute approximate surface area is 90.7 Å². The Morgan fingerprint density at radius 1 is 1.40 bits per heavy atom. The Balaban J connectivity index is 2.15. The number of halogens is 1. The summed E-state index contributed by atoms with van der Waals surface area (Å²) < 4.78 is 13.1. The second-order valence-electron chi connectivity index (χ2n) is 4.61. The number of hydrogen-bond donors (Lipinski definition) is 1. The molecular weight excluding hydrogens is 189 g/mol. The summed E-state index contributed by atoms with van der Waals surface area (Å²) in [4.78, 5) is 0. The van der Waals surface area contributed by atoms with E-state index in [0.717, 1.165) is 5.56 Å². The van der Waals surface area contributed by atoms with Gasteiger partial charge in [-0.2, -0.15) is 0 Å². The molecule has 0 amide bonds. The van der Waals surface area contributed by atoms with Crippen LogP contribution in [-0.4, -0.2) is 13.1 Å². The second-order valence-corrected chi connectivity index (χ2v) is 4.61. The van der Waals surface area contributed by atoms with Crippen LogP contribution >= 0.6 is 0 Å². The molecule has 0 aromatic heterocycles. The van der Waals surface area contributed by atoms with E-state index in [1.54, 1.807) is 6.07 Å². The van der Waals surface area contributed by atoms with E-state index in [1.165, 1.54) is 12.0 Å². The van der Waals surface area contributed by atoms with Gasteiger partial charge in [0.2, 0.25) is 0 Å². The summed E-state index contributed by atoms with van der Waals surface area (Å²) in [6.07, 6.45) is 1.17. The zero-order chi connectivity index (χ0) is 11.0. The van der Waals surface area contributed by atoms with Crippen LogP contribution < -0.4 is 5.32 Å². The molecule has 1 aliphatic rings. The van der Waals surface area contributed by atoms with E-state index in [-0.39, 0.29) is 5.82 Å². The fourth-order valence-electron chi connectivity index (χ4n) is 2.51. The van der Waals surface area contributed by atoms with Crippen LogP contribution in [-0.2, 0) is 0 Å². The first-order chi connectivity index (χ1) is 7.13. The third-order valence-corrected chi connectivity index (χ3v) is 3.76. The summed E-state index contributed by atoms with van der Waals surface area (Å²) in [6, 6.07) is 6.13.